The zero-order valence-corrected chi connectivity index (χ0v) is 9.91. The van der Waals surface area contributed by atoms with Crippen LogP contribution in [0, 0.1) is 17.2 Å². The molecule has 1 heterocycles. The molecule has 0 fully saturated rings. The second-order valence-corrected chi connectivity index (χ2v) is 4.56. The van der Waals surface area contributed by atoms with Crippen molar-refractivity contribution in [2.45, 2.75) is 25.6 Å². The number of nitriles is 1. The molecule has 1 aliphatic heterocycles. The molecule has 2 unspecified atom stereocenters. The highest BCUT2D eigenvalue weighted by atomic mass is 19.4. The molecule has 5 heteroatoms. The Morgan fingerprint density at radius 2 is 2.11 bits per heavy atom. The van der Waals surface area contributed by atoms with Gasteiger partial charge < -0.3 is 4.90 Å². The van der Waals surface area contributed by atoms with E-state index in [0.717, 1.165) is 17.7 Å². The van der Waals surface area contributed by atoms with Crippen LogP contribution in [0.15, 0.2) is 24.3 Å². The minimum atomic E-state index is -4.47. The van der Waals surface area contributed by atoms with Crippen LogP contribution < -0.4 is 4.90 Å². The van der Waals surface area contributed by atoms with E-state index in [0.29, 0.717) is 0 Å². The third kappa shape index (κ3) is 2.28. The fourth-order valence-corrected chi connectivity index (χ4v) is 2.32. The van der Waals surface area contributed by atoms with Gasteiger partial charge >= 0.3 is 6.18 Å². The van der Waals surface area contributed by atoms with Crippen molar-refractivity contribution in [2.24, 2.45) is 5.92 Å². The first kappa shape index (κ1) is 12.7. The maximum atomic E-state index is 12.6. The second-order valence-electron chi connectivity index (χ2n) is 4.56. The molecule has 0 saturated heterocycles. The van der Waals surface area contributed by atoms with Gasteiger partial charge in [-0.1, -0.05) is 18.2 Å². The fraction of sp³-hybridized carbons (Fsp3) is 0.462. The lowest BCUT2D eigenvalue weighted by Crippen LogP contribution is -2.39. The monoisotopic (exact) mass is 254 g/mol. The van der Waals surface area contributed by atoms with Crippen molar-refractivity contribution in [3.05, 3.63) is 29.8 Å². The van der Waals surface area contributed by atoms with Gasteiger partial charge in [0.1, 0.15) is 0 Å². The van der Waals surface area contributed by atoms with Crippen LogP contribution in [-0.2, 0) is 6.42 Å². The van der Waals surface area contributed by atoms with Crippen LogP contribution in [-0.4, -0.2) is 18.8 Å². The van der Waals surface area contributed by atoms with E-state index < -0.39 is 12.1 Å². The molecule has 96 valence electrons. The Labute approximate surface area is 104 Å². The Balaban J connectivity index is 2.22. The van der Waals surface area contributed by atoms with Crippen molar-refractivity contribution in [1.82, 2.24) is 0 Å². The second kappa shape index (κ2) is 4.52. The number of halogens is 3. The highest BCUT2D eigenvalue weighted by Gasteiger charge is 2.42. The average molecular weight is 254 g/mol. The molecule has 0 radical (unpaired) electrons. The number of rotatable bonds is 2. The van der Waals surface area contributed by atoms with Gasteiger partial charge in [-0.2, -0.15) is 18.4 Å². The van der Waals surface area contributed by atoms with Gasteiger partial charge in [0, 0.05) is 18.3 Å². The van der Waals surface area contributed by atoms with E-state index in [1.807, 2.05) is 25.1 Å². The predicted molar refractivity (Wildman–Crippen MR) is 62.1 cm³/mol. The third-order valence-corrected chi connectivity index (χ3v) is 3.28. The van der Waals surface area contributed by atoms with Gasteiger partial charge in [0.2, 0.25) is 0 Å². The van der Waals surface area contributed by atoms with Gasteiger partial charge in [-0.3, -0.25) is 0 Å². The minimum absolute atomic E-state index is 0.000556. The smallest absolute Gasteiger partial charge is 0.367 e. The maximum absolute atomic E-state index is 12.6. The first-order valence-corrected chi connectivity index (χ1v) is 5.74. The summed E-state index contributed by atoms with van der Waals surface area (Å²) in [7, 11) is 0. The zero-order valence-electron chi connectivity index (χ0n) is 9.91. The molecule has 2 rings (SSSR count). The number of benzene rings is 1. The molecule has 1 aromatic carbocycles. The number of hydrogen-bond acceptors (Lipinski definition) is 2. The van der Waals surface area contributed by atoms with Crippen LogP contribution >= 0.6 is 0 Å². The first-order chi connectivity index (χ1) is 8.43. The van der Waals surface area contributed by atoms with E-state index >= 15 is 0 Å². The summed E-state index contributed by atoms with van der Waals surface area (Å²) >= 11 is 0. The Morgan fingerprint density at radius 1 is 1.44 bits per heavy atom. The lowest BCUT2D eigenvalue weighted by molar-refractivity contribution is -0.156. The van der Waals surface area contributed by atoms with Gasteiger partial charge in [0.15, 0.2) is 5.92 Å². The minimum Gasteiger partial charge on any atom is -0.367 e. The van der Waals surface area contributed by atoms with Gasteiger partial charge in [0.25, 0.3) is 0 Å². The zero-order chi connectivity index (χ0) is 13.3. The standard InChI is InChI=1S/C13H13F3N2/c1-9-6-10-4-2-3-5-12(10)18(9)8-11(7-17)13(14,15)16/h2-5,9,11H,6,8H2,1H3. The van der Waals surface area contributed by atoms with Gasteiger partial charge in [0.05, 0.1) is 6.07 Å². The highest BCUT2D eigenvalue weighted by molar-refractivity contribution is 5.59. The van der Waals surface area contributed by atoms with Crippen molar-refractivity contribution in [3.63, 3.8) is 0 Å². The summed E-state index contributed by atoms with van der Waals surface area (Å²) in [4.78, 5) is 1.68. The number of fused-ring (bicyclic) bond motifs is 1. The van der Waals surface area contributed by atoms with Crippen LogP contribution in [0.25, 0.3) is 0 Å². The van der Waals surface area contributed by atoms with Crippen molar-refractivity contribution in [2.75, 3.05) is 11.4 Å². The Kier molecular flexibility index (Phi) is 3.20. The molecule has 2 atom stereocenters. The largest absolute Gasteiger partial charge is 0.406 e. The molecule has 0 spiro atoms. The molecule has 0 aliphatic carbocycles. The number of anilines is 1. The molecule has 0 saturated carbocycles. The highest BCUT2D eigenvalue weighted by Crippen LogP contribution is 2.35. The molecule has 1 aliphatic rings. The fourth-order valence-electron chi connectivity index (χ4n) is 2.32. The topological polar surface area (TPSA) is 27.0 Å². The summed E-state index contributed by atoms with van der Waals surface area (Å²) in [5.41, 5.74) is 1.86. The molecule has 0 amide bonds. The van der Waals surface area contributed by atoms with E-state index in [1.54, 1.807) is 11.0 Å². The summed E-state index contributed by atoms with van der Waals surface area (Å²) < 4.78 is 37.9. The SMILES string of the molecule is CC1Cc2ccccc2N1CC(C#N)C(F)(F)F. The predicted octanol–water partition coefficient (Wildman–Crippen LogP) is 3.14. The van der Waals surface area contributed by atoms with Crippen molar-refractivity contribution < 1.29 is 13.2 Å². The lowest BCUT2D eigenvalue weighted by Gasteiger charge is -2.27. The molecule has 18 heavy (non-hydrogen) atoms. The van der Waals surface area contributed by atoms with Crippen molar-refractivity contribution in [1.29, 1.82) is 5.26 Å². The summed E-state index contributed by atoms with van der Waals surface area (Å²) in [5.74, 6) is -1.94. The van der Waals surface area contributed by atoms with E-state index in [1.165, 1.54) is 6.07 Å². The summed E-state index contributed by atoms with van der Waals surface area (Å²) in [5, 5.41) is 8.66. The molecule has 0 bridgehead atoms. The number of para-hydroxylation sites is 1. The quantitative estimate of drug-likeness (QED) is 0.810. The molecule has 1 aromatic rings. The normalized spacial score (nSPS) is 20.4. The van der Waals surface area contributed by atoms with E-state index in [-0.39, 0.29) is 12.6 Å². The lowest BCUT2D eigenvalue weighted by atomic mass is 10.1. The van der Waals surface area contributed by atoms with Crippen LogP contribution in [0.2, 0.25) is 0 Å². The van der Waals surface area contributed by atoms with E-state index in [4.69, 9.17) is 5.26 Å². The number of alkyl halides is 3. The van der Waals surface area contributed by atoms with Crippen LogP contribution in [0.4, 0.5) is 18.9 Å². The molecular formula is C13H13F3N2. The number of nitrogens with zero attached hydrogens (tertiary/aromatic N) is 2. The third-order valence-electron chi connectivity index (χ3n) is 3.28. The molecular weight excluding hydrogens is 241 g/mol. The van der Waals surface area contributed by atoms with Crippen LogP contribution in [0.1, 0.15) is 12.5 Å². The van der Waals surface area contributed by atoms with Crippen molar-refractivity contribution >= 4 is 5.69 Å². The first-order valence-electron chi connectivity index (χ1n) is 5.74. The molecule has 2 nitrogen and oxygen atoms in total. The van der Waals surface area contributed by atoms with Crippen molar-refractivity contribution in [3.8, 4) is 6.07 Å². The average Bonchev–Trinajstić information content (AvgIpc) is 2.60. The summed E-state index contributed by atoms with van der Waals surface area (Å²) in [6.45, 7) is 1.59. The summed E-state index contributed by atoms with van der Waals surface area (Å²) in [6, 6.07) is 8.76. The Hall–Kier alpha value is -1.70. The molecule has 0 N–H and O–H groups in total. The Bertz CT molecular complexity index is 476. The van der Waals surface area contributed by atoms with E-state index in [9.17, 15) is 13.2 Å². The van der Waals surface area contributed by atoms with E-state index in [2.05, 4.69) is 0 Å². The van der Waals surface area contributed by atoms with Gasteiger partial charge in [-0.15, -0.1) is 0 Å². The molecule has 0 aromatic heterocycles. The van der Waals surface area contributed by atoms with Crippen LogP contribution in [0.5, 0.6) is 0 Å². The van der Waals surface area contributed by atoms with Gasteiger partial charge in [-0.25, -0.2) is 0 Å². The van der Waals surface area contributed by atoms with Gasteiger partial charge in [-0.05, 0) is 25.0 Å². The van der Waals surface area contributed by atoms with Crippen LogP contribution in [0.3, 0.4) is 0 Å². The Morgan fingerprint density at radius 3 is 2.72 bits per heavy atom. The maximum Gasteiger partial charge on any atom is 0.406 e. The summed E-state index contributed by atoms with van der Waals surface area (Å²) in [6.07, 6.45) is -3.74. The number of hydrogen-bond donors (Lipinski definition) is 0.